The molecule has 4 heteroatoms. The third-order valence-electron chi connectivity index (χ3n) is 3.19. The molecular weight excluding hydrogens is 270 g/mol. The lowest BCUT2D eigenvalue weighted by molar-refractivity contribution is -0.142. The molecule has 0 amide bonds. The molecule has 1 atom stereocenters. The lowest BCUT2D eigenvalue weighted by atomic mass is 10.1. The Labute approximate surface area is 126 Å². The largest absolute Gasteiger partial charge is 0.465 e. The van der Waals surface area contributed by atoms with Crippen molar-refractivity contribution < 1.29 is 9.53 Å². The summed E-state index contributed by atoms with van der Waals surface area (Å²) in [5.74, 6) is 0.795. The van der Waals surface area contributed by atoms with E-state index in [-0.39, 0.29) is 11.2 Å². The average molecular weight is 295 g/mol. The molecule has 1 rings (SSSR count). The first-order valence-corrected chi connectivity index (χ1v) is 8.33. The van der Waals surface area contributed by atoms with E-state index in [0.29, 0.717) is 6.61 Å². The van der Waals surface area contributed by atoms with E-state index in [0.717, 1.165) is 31.0 Å². The standard InChI is InChI=1S/C16H25NO2S/c1-4-17(5-2)12-13-20-15(16(18)19-6-3)14-10-8-7-9-11-14/h7-11,15H,4-6,12-13H2,1-3H3. The third kappa shape index (κ3) is 5.55. The number of hydrogen-bond acceptors (Lipinski definition) is 4. The van der Waals surface area contributed by atoms with Gasteiger partial charge in [0.15, 0.2) is 0 Å². The molecule has 0 spiro atoms. The quantitative estimate of drug-likeness (QED) is 0.653. The van der Waals surface area contributed by atoms with E-state index in [1.807, 2.05) is 37.3 Å². The van der Waals surface area contributed by atoms with Crippen LogP contribution >= 0.6 is 11.8 Å². The number of carbonyl (C=O) groups excluding carboxylic acids is 1. The van der Waals surface area contributed by atoms with Gasteiger partial charge in [0.05, 0.1) is 6.61 Å². The van der Waals surface area contributed by atoms with Crippen molar-refractivity contribution >= 4 is 17.7 Å². The molecule has 1 aromatic rings. The average Bonchev–Trinajstić information content (AvgIpc) is 2.48. The molecule has 0 aliphatic carbocycles. The van der Waals surface area contributed by atoms with E-state index >= 15 is 0 Å². The molecular formula is C16H25NO2S. The number of rotatable bonds is 9. The van der Waals surface area contributed by atoms with E-state index in [2.05, 4.69) is 18.7 Å². The van der Waals surface area contributed by atoms with Crippen molar-refractivity contribution in [3.8, 4) is 0 Å². The normalized spacial score (nSPS) is 12.4. The van der Waals surface area contributed by atoms with Gasteiger partial charge in [-0.05, 0) is 25.6 Å². The van der Waals surface area contributed by atoms with Crippen LogP contribution in [0.4, 0.5) is 0 Å². The van der Waals surface area contributed by atoms with Gasteiger partial charge in [0.1, 0.15) is 5.25 Å². The summed E-state index contributed by atoms with van der Waals surface area (Å²) >= 11 is 1.67. The number of benzene rings is 1. The molecule has 0 aliphatic rings. The van der Waals surface area contributed by atoms with Crippen molar-refractivity contribution in [3.63, 3.8) is 0 Å². The van der Waals surface area contributed by atoms with Gasteiger partial charge in [-0.3, -0.25) is 4.79 Å². The fraction of sp³-hybridized carbons (Fsp3) is 0.562. The maximum Gasteiger partial charge on any atom is 0.323 e. The molecule has 3 nitrogen and oxygen atoms in total. The van der Waals surface area contributed by atoms with Crippen molar-refractivity contribution in [1.29, 1.82) is 0 Å². The summed E-state index contributed by atoms with van der Waals surface area (Å²) in [5.41, 5.74) is 1.02. The van der Waals surface area contributed by atoms with Gasteiger partial charge in [-0.1, -0.05) is 44.2 Å². The SMILES string of the molecule is CCOC(=O)C(SCCN(CC)CC)c1ccccc1. The molecule has 0 saturated carbocycles. The first kappa shape index (κ1) is 17.1. The number of carbonyl (C=O) groups is 1. The first-order valence-electron chi connectivity index (χ1n) is 7.28. The van der Waals surface area contributed by atoms with Gasteiger partial charge < -0.3 is 9.64 Å². The van der Waals surface area contributed by atoms with Crippen LogP contribution in [0, 0.1) is 0 Å². The van der Waals surface area contributed by atoms with Crippen LogP contribution in [0.2, 0.25) is 0 Å². The summed E-state index contributed by atoms with van der Waals surface area (Å²) in [6, 6.07) is 9.88. The summed E-state index contributed by atoms with van der Waals surface area (Å²) in [6.45, 7) is 9.70. The highest BCUT2D eigenvalue weighted by Crippen LogP contribution is 2.30. The van der Waals surface area contributed by atoms with Gasteiger partial charge >= 0.3 is 5.97 Å². The zero-order valence-corrected chi connectivity index (χ0v) is 13.5. The molecule has 0 aromatic heterocycles. The summed E-state index contributed by atoms with van der Waals surface area (Å²) < 4.78 is 5.20. The highest BCUT2D eigenvalue weighted by molar-refractivity contribution is 8.00. The van der Waals surface area contributed by atoms with Crippen LogP contribution in [0.1, 0.15) is 31.6 Å². The molecule has 0 heterocycles. The Morgan fingerprint density at radius 2 is 1.85 bits per heavy atom. The van der Waals surface area contributed by atoms with Gasteiger partial charge in [-0.25, -0.2) is 0 Å². The minimum atomic E-state index is -0.216. The topological polar surface area (TPSA) is 29.5 Å². The maximum absolute atomic E-state index is 12.1. The highest BCUT2D eigenvalue weighted by Gasteiger charge is 2.22. The molecule has 20 heavy (non-hydrogen) atoms. The fourth-order valence-electron chi connectivity index (χ4n) is 1.99. The fourth-order valence-corrected chi connectivity index (χ4v) is 3.14. The van der Waals surface area contributed by atoms with Crippen LogP contribution in [0.25, 0.3) is 0 Å². The molecule has 1 unspecified atom stereocenters. The van der Waals surface area contributed by atoms with Crippen molar-refractivity contribution in [3.05, 3.63) is 35.9 Å². The highest BCUT2D eigenvalue weighted by atomic mass is 32.2. The van der Waals surface area contributed by atoms with Crippen molar-refractivity contribution in [2.45, 2.75) is 26.0 Å². The van der Waals surface area contributed by atoms with Gasteiger partial charge in [-0.15, -0.1) is 11.8 Å². The van der Waals surface area contributed by atoms with Gasteiger partial charge in [0.25, 0.3) is 0 Å². The van der Waals surface area contributed by atoms with Crippen LogP contribution in [-0.2, 0) is 9.53 Å². The van der Waals surface area contributed by atoms with Gasteiger partial charge in [-0.2, -0.15) is 0 Å². The van der Waals surface area contributed by atoms with Crippen LogP contribution in [0.3, 0.4) is 0 Å². The molecule has 112 valence electrons. The summed E-state index contributed by atoms with van der Waals surface area (Å²) in [6.07, 6.45) is 0. The van der Waals surface area contributed by atoms with E-state index in [9.17, 15) is 4.79 Å². The molecule has 1 aromatic carbocycles. The number of esters is 1. The third-order valence-corrected chi connectivity index (χ3v) is 4.41. The van der Waals surface area contributed by atoms with E-state index in [1.165, 1.54) is 0 Å². The van der Waals surface area contributed by atoms with Crippen LogP contribution in [-0.4, -0.2) is 42.9 Å². The number of nitrogens with zero attached hydrogens (tertiary/aromatic N) is 1. The smallest absolute Gasteiger partial charge is 0.323 e. The second-order valence-corrected chi connectivity index (χ2v) is 5.65. The Morgan fingerprint density at radius 3 is 2.40 bits per heavy atom. The predicted octanol–water partition coefficient (Wildman–Crippen LogP) is 3.37. The Balaban J connectivity index is 2.62. The second kappa shape index (κ2) is 9.83. The summed E-state index contributed by atoms with van der Waals surface area (Å²) in [7, 11) is 0. The zero-order valence-electron chi connectivity index (χ0n) is 12.7. The maximum atomic E-state index is 12.1. The van der Waals surface area contributed by atoms with Crippen molar-refractivity contribution in [2.75, 3.05) is 32.0 Å². The molecule has 0 N–H and O–H groups in total. The van der Waals surface area contributed by atoms with E-state index in [1.54, 1.807) is 11.8 Å². The Hall–Kier alpha value is -1.00. The lowest BCUT2D eigenvalue weighted by Crippen LogP contribution is -2.26. The van der Waals surface area contributed by atoms with Crippen LogP contribution in [0.15, 0.2) is 30.3 Å². The Morgan fingerprint density at radius 1 is 1.20 bits per heavy atom. The number of ether oxygens (including phenoxy) is 1. The molecule has 0 fully saturated rings. The van der Waals surface area contributed by atoms with E-state index in [4.69, 9.17) is 4.74 Å². The predicted molar refractivity (Wildman–Crippen MR) is 86.1 cm³/mol. The van der Waals surface area contributed by atoms with Gasteiger partial charge in [0, 0.05) is 12.3 Å². The minimum Gasteiger partial charge on any atom is -0.465 e. The summed E-state index contributed by atoms with van der Waals surface area (Å²) in [4.78, 5) is 14.5. The summed E-state index contributed by atoms with van der Waals surface area (Å²) in [5, 5.41) is -0.216. The van der Waals surface area contributed by atoms with Crippen molar-refractivity contribution in [1.82, 2.24) is 4.90 Å². The second-order valence-electron chi connectivity index (χ2n) is 4.44. The molecule has 0 saturated heterocycles. The van der Waals surface area contributed by atoms with E-state index < -0.39 is 0 Å². The lowest BCUT2D eigenvalue weighted by Gasteiger charge is -2.20. The number of hydrogen-bond donors (Lipinski definition) is 0. The number of thioether (sulfide) groups is 1. The Kier molecular flexibility index (Phi) is 8.38. The van der Waals surface area contributed by atoms with Gasteiger partial charge in [0.2, 0.25) is 0 Å². The van der Waals surface area contributed by atoms with Crippen LogP contribution < -0.4 is 0 Å². The minimum absolute atomic E-state index is 0.136. The van der Waals surface area contributed by atoms with Crippen molar-refractivity contribution in [2.24, 2.45) is 0 Å². The molecule has 0 bridgehead atoms. The molecule has 0 aliphatic heterocycles. The first-order chi connectivity index (χ1) is 9.72. The van der Waals surface area contributed by atoms with Crippen LogP contribution in [0.5, 0.6) is 0 Å². The molecule has 0 radical (unpaired) electrons. The Bertz CT molecular complexity index is 379. The monoisotopic (exact) mass is 295 g/mol. The zero-order chi connectivity index (χ0) is 14.8.